The van der Waals surface area contributed by atoms with Gasteiger partial charge in [-0.1, -0.05) is 13.0 Å². The number of carbonyl (C=O) groups excluding carboxylic acids is 3. The Morgan fingerprint density at radius 1 is 1.12 bits per heavy atom. The van der Waals surface area contributed by atoms with Gasteiger partial charge in [0.2, 0.25) is 5.78 Å². The highest BCUT2D eigenvalue weighted by Crippen LogP contribution is 2.77. The zero-order chi connectivity index (χ0) is 24.5. The van der Waals surface area contributed by atoms with Crippen LogP contribution in [0.5, 0.6) is 0 Å². The van der Waals surface area contributed by atoms with Crippen molar-refractivity contribution in [2.75, 3.05) is 6.61 Å². The van der Waals surface area contributed by atoms with Gasteiger partial charge in [-0.2, -0.15) is 0 Å². The largest absolute Gasteiger partial charge is 0.458 e. The molecule has 2 aliphatic heterocycles. The number of hydrogen-bond acceptors (Lipinski definition) is 7. The normalized spacial score (nSPS) is 51.4. The Labute approximate surface area is 204 Å². The minimum absolute atomic E-state index is 0.0414. The third kappa shape index (κ3) is 2.52. The predicted octanol–water partition coefficient (Wildman–Crippen LogP) is 3.28. The molecule has 1 spiro atoms. The van der Waals surface area contributed by atoms with Gasteiger partial charge in [0.15, 0.2) is 23.8 Å². The molecule has 2 heterocycles. The van der Waals surface area contributed by atoms with E-state index in [1.807, 2.05) is 19.9 Å². The van der Waals surface area contributed by atoms with E-state index in [4.69, 9.17) is 30.5 Å². The van der Waals surface area contributed by atoms with Crippen LogP contribution in [0.2, 0.25) is 0 Å². The second kappa shape index (κ2) is 6.61. The van der Waals surface area contributed by atoms with Crippen LogP contribution in [0, 0.1) is 22.7 Å². The zero-order valence-electron chi connectivity index (χ0n) is 20.2. The molecule has 184 valence electrons. The number of allylic oxidation sites excluding steroid dienone is 2. The fourth-order valence-electron chi connectivity index (χ4n) is 8.51. The molecule has 3 saturated carbocycles. The first-order chi connectivity index (χ1) is 15.8. The molecule has 0 unspecified atom stereocenters. The van der Waals surface area contributed by atoms with Crippen LogP contribution in [0.15, 0.2) is 23.8 Å². The molecule has 0 N–H and O–H groups in total. The first kappa shape index (κ1) is 22.9. The third-order valence-electron chi connectivity index (χ3n) is 9.73. The monoisotopic (exact) mass is 490 g/mol. The Bertz CT molecular complexity index is 1080. The summed E-state index contributed by atoms with van der Waals surface area (Å²) in [6.07, 6.45) is 6.64. The molecule has 8 heteroatoms. The molecule has 34 heavy (non-hydrogen) atoms. The number of hydrogen-bond donors (Lipinski definition) is 0. The number of halogens is 1. The molecule has 0 radical (unpaired) electrons. The highest BCUT2D eigenvalue weighted by atomic mass is 35.5. The SMILES string of the molecule is CC(=O)OCC(=O)[C@@]12OC(C)(C)O[C@@H]1C[C@@H]1[C@H]3C[C@H](Cl)C4=CC(=O)C=C[C@]4(C)[C@]34O[C@@H]4C[C@@]12C. The van der Waals surface area contributed by atoms with Crippen molar-refractivity contribution in [1.29, 1.82) is 0 Å². The van der Waals surface area contributed by atoms with E-state index in [1.54, 1.807) is 12.2 Å². The van der Waals surface area contributed by atoms with Gasteiger partial charge >= 0.3 is 5.97 Å². The van der Waals surface area contributed by atoms with Gasteiger partial charge in [0.05, 0.1) is 17.6 Å². The molecule has 6 aliphatic rings. The van der Waals surface area contributed by atoms with Crippen LogP contribution in [0.3, 0.4) is 0 Å². The van der Waals surface area contributed by atoms with E-state index in [1.165, 1.54) is 6.92 Å². The van der Waals surface area contributed by atoms with Gasteiger partial charge in [-0.15, -0.1) is 11.6 Å². The topological polar surface area (TPSA) is 91.4 Å². The molecule has 4 aliphatic carbocycles. The molecule has 9 atom stereocenters. The van der Waals surface area contributed by atoms with Crippen LogP contribution in [0.1, 0.15) is 53.9 Å². The Hall–Kier alpha value is -1.54. The van der Waals surface area contributed by atoms with Crippen molar-refractivity contribution in [2.24, 2.45) is 22.7 Å². The summed E-state index contributed by atoms with van der Waals surface area (Å²) in [5.41, 5.74) is -1.82. The number of carbonyl (C=O) groups is 3. The average molecular weight is 491 g/mol. The van der Waals surface area contributed by atoms with Crippen LogP contribution in [0.25, 0.3) is 0 Å². The maximum absolute atomic E-state index is 13.8. The smallest absolute Gasteiger partial charge is 0.303 e. The number of ketones is 2. The summed E-state index contributed by atoms with van der Waals surface area (Å²) in [6, 6.07) is 0. The second-order valence-corrected chi connectivity index (χ2v) is 12.3. The van der Waals surface area contributed by atoms with Gasteiger partial charge in [0.25, 0.3) is 0 Å². The average Bonchev–Trinajstić information content (AvgIpc) is 3.32. The Morgan fingerprint density at radius 2 is 1.85 bits per heavy atom. The Kier molecular flexibility index (Phi) is 4.45. The molecular formula is C26H31ClO7. The summed E-state index contributed by atoms with van der Waals surface area (Å²) in [6.45, 7) is 8.82. The van der Waals surface area contributed by atoms with E-state index in [0.717, 1.165) is 5.57 Å². The quantitative estimate of drug-likeness (QED) is 0.340. The Morgan fingerprint density at radius 3 is 2.56 bits per heavy atom. The lowest BCUT2D eigenvalue weighted by Gasteiger charge is -2.56. The summed E-state index contributed by atoms with van der Waals surface area (Å²) in [5, 5.41) is -0.298. The summed E-state index contributed by atoms with van der Waals surface area (Å²) < 4.78 is 24.6. The zero-order valence-corrected chi connectivity index (χ0v) is 20.9. The summed E-state index contributed by atoms with van der Waals surface area (Å²) in [5.74, 6) is -1.61. The fourth-order valence-corrected chi connectivity index (χ4v) is 8.99. The lowest BCUT2D eigenvalue weighted by Crippen LogP contribution is -2.64. The molecule has 0 amide bonds. The van der Waals surface area contributed by atoms with Gasteiger partial charge in [-0.05, 0) is 69.6 Å². The molecule has 0 aromatic carbocycles. The van der Waals surface area contributed by atoms with Gasteiger partial charge < -0.3 is 18.9 Å². The van der Waals surface area contributed by atoms with E-state index in [0.29, 0.717) is 19.3 Å². The summed E-state index contributed by atoms with van der Waals surface area (Å²) in [4.78, 5) is 37.4. The molecule has 5 fully saturated rings. The van der Waals surface area contributed by atoms with Crippen LogP contribution < -0.4 is 0 Å². The van der Waals surface area contributed by atoms with Crippen molar-refractivity contribution in [1.82, 2.24) is 0 Å². The maximum atomic E-state index is 13.8. The third-order valence-corrected chi connectivity index (χ3v) is 10.1. The van der Waals surface area contributed by atoms with Crippen molar-refractivity contribution < 1.29 is 33.3 Å². The van der Waals surface area contributed by atoms with Crippen molar-refractivity contribution in [3.05, 3.63) is 23.8 Å². The molecule has 7 nitrogen and oxygen atoms in total. The minimum atomic E-state index is -1.23. The van der Waals surface area contributed by atoms with Crippen LogP contribution in [0.4, 0.5) is 0 Å². The van der Waals surface area contributed by atoms with Gasteiger partial charge in [0.1, 0.15) is 5.60 Å². The highest BCUT2D eigenvalue weighted by molar-refractivity contribution is 6.23. The molecule has 0 bridgehead atoms. The van der Waals surface area contributed by atoms with E-state index < -0.39 is 39.9 Å². The standard InChI is InChI=1S/C26H31ClO7/c1-13(28)31-12-19(30)26-20(32-22(2,3)34-26)10-15-16-9-18(27)17-8-14(29)6-7-23(17,4)25(16)21(33-25)11-24(15,26)5/h6-8,15-16,18,20-21H,9-12H2,1-5H3/t15-,16-,18+,20-,21-,23+,24+,25+,26-/m1/s1. The number of epoxide rings is 1. The van der Waals surface area contributed by atoms with Crippen molar-refractivity contribution in [3.63, 3.8) is 0 Å². The van der Waals surface area contributed by atoms with E-state index in [2.05, 4.69) is 13.8 Å². The van der Waals surface area contributed by atoms with Gasteiger partial charge in [0, 0.05) is 17.8 Å². The Balaban J connectivity index is 1.43. The number of rotatable bonds is 3. The number of esters is 1. The van der Waals surface area contributed by atoms with Gasteiger partial charge in [-0.3, -0.25) is 14.4 Å². The first-order valence-electron chi connectivity index (χ1n) is 12.1. The van der Waals surface area contributed by atoms with E-state index in [-0.39, 0.29) is 41.5 Å². The van der Waals surface area contributed by atoms with Crippen LogP contribution >= 0.6 is 11.6 Å². The molecular weight excluding hydrogens is 460 g/mol. The molecule has 6 rings (SSSR count). The van der Waals surface area contributed by atoms with Gasteiger partial charge in [-0.25, -0.2) is 0 Å². The van der Waals surface area contributed by atoms with Crippen molar-refractivity contribution in [2.45, 2.75) is 88.5 Å². The number of fused-ring (bicyclic) bond motifs is 5. The molecule has 0 aromatic rings. The van der Waals surface area contributed by atoms with E-state index in [9.17, 15) is 14.4 Å². The minimum Gasteiger partial charge on any atom is -0.458 e. The molecule has 2 saturated heterocycles. The number of Topliss-reactive ketones (excluding diaryl/α,β-unsaturated/α-hetero) is 1. The van der Waals surface area contributed by atoms with Crippen LogP contribution in [-0.4, -0.2) is 58.7 Å². The number of alkyl halides is 1. The lowest BCUT2D eigenvalue weighted by molar-refractivity contribution is -0.212. The fraction of sp³-hybridized carbons (Fsp3) is 0.731. The van der Waals surface area contributed by atoms with Crippen molar-refractivity contribution >= 4 is 29.1 Å². The first-order valence-corrected chi connectivity index (χ1v) is 12.6. The second-order valence-electron chi connectivity index (χ2n) is 11.8. The van der Waals surface area contributed by atoms with Crippen molar-refractivity contribution in [3.8, 4) is 0 Å². The summed E-state index contributed by atoms with van der Waals surface area (Å²) >= 11 is 6.93. The highest BCUT2D eigenvalue weighted by Gasteiger charge is 2.85. The maximum Gasteiger partial charge on any atom is 0.303 e. The lowest BCUT2D eigenvalue weighted by atomic mass is 9.46. The molecule has 0 aromatic heterocycles. The van der Waals surface area contributed by atoms with Crippen LogP contribution in [-0.2, 0) is 33.3 Å². The van der Waals surface area contributed by atoms with E-state index >= 15 is 0 Å². The number of ether oxygens (including phenoxy) is 4. The summed E-state index contributed by atoms with van der Waals surface area (Å²) in [7, 11) is 0. The predicted molar refractivity (Wildman–Crippen MR) is 121 cm³/mol.